The number of sulfonamides is 1. The summed E-state index contributed by atoms with van der Waals surface area (Å²) in [5.74, 6) is 0.113. The zero-order chi connectivity index (χ0) is 20.0. The minimum absolute atomic E-state index is 0. The molecule has 1 atom stereocenters. The summed E-state index contributed by atoms with van der Waals surface area (Å²) in [6, 6.07) is 7.28. The van der Waals surface area contributed by atoms with Gasteiger partial charge >= 0.3 is 6.03 Å². The molecule has 0 spiro atoms. The maximum Gasteiger partial charge on any atom is 0.315 e. The molecule has 1 aromatic carbocycles. The van der Waals surface area contributed by atoms with Gasteiger partial charge in [-0.25, -0.2) is 13.2 Å². The fraction of sp³-hybridized carbons (Fsp3) is 0.545. The van der Waals surface area contributed by atoms with E-state index < -0.39 is 10.0 Å². The average molecular weight is 455 g/mol. The Labute approximate surface area is 187 Å². The molecular weight excluding hydrogens is 422 g/mol. The SMILES string of the molecule is O=C(NCC1CCN(S(=O)(=O)c2cccc(Cl)c2)C1)N[C]1CCCCCCC1.[CH2].[CH2]. The molecule has 1 aromatic rings. The molecule has 1 saturated carbocycles. The van der Waals surface area contributed by atoms with Crippen LogP contribution in [-0.2, 0) is 10.0 Å². The minimum atomic E-state index is -3.55. The lowest BCUT2D eigenvalue weighted by Crippen LogP contribution is -2.41. The molecule has 0 bridgehead atoms. The van der Waals surface area contributed by atoms with E-state index in [9.17, 15) is 13.2 Å². The van der Waals surface area contributed by atoms with Gasteiger partial charge in [-0.1, -0.05) is 64.6 Å². The third-order valence-electron chi connectivity index (χ3n) is 5.48. The first-order chi connectivity index (χ1) is 13.4. The molecular formula is C22H33ClN3O3S. The Morgan fingerprint density at radius 3 is 2.43 bits per heavy atom. The Bertz CT molecular complexity index is 765. The van der Waals surface area contributed by atoms with E-state index in [1.54, 1.807) is 18.2 Å². The van der Waals surface area contributed by atoms with Crippen molar-refractivity contribution in [3.8, 4) is 0 Å². The van der Waals surface area contributed by atoms with Crippen molar-refractivity contribution in [2.24, 2.45) is 5.92 Å². The van der Waals surface area contributed by atoms with Gasteiger partial charge in [0, 0.05) is 24.7 Å². The third-order valence-corrected chi connectivity index (χ3v) is 7.58. The molecule has 30 heavy (non-hydrogen) atoms. The summed E-state index contributed by atoms with van der Waals surface area (Å²) in [6.45, 7) is 1.34. The number of amides is 2. The second kappa shape index (κ2) is 12.5. The summed E-state index contributed by atoms with van der Waals surface area (Å²) >= 11 is 5.93. The number of hydrogen-bond acceptors (Lipinski definition) is 3. The zero-order valence-corrected chi connectivity index (χ0v) is 19.1. The smallest absolute Gasteiger partial charge is 0.315 e. The lowest BCUT2D eigenvalue weighted by molar-refractivity contribution is 0.238. The molecule has 2 fully saturated rings. The van der Waals surface area contributed by atoms with Crippen LogP contribution in [0.25, 0.3) is 0 Å². The lowest BCUT2D eigenvalue weighted by Gasteiger charge is -2.21. The van der Waals surface area contributed by atoms with E-state index in [2.05, 4.69) is 10.6 Å². The molecule has 2 N–H and O–H groups in total. The molecule has 5 radical (unpaired) electrons. The van der Waals surface area contributed by atoms with Crippen molar-refractivity contribution >= 4 is 27.7 Å². The molecule has 2 aliphatic rings. The van der Waals surface area contributed by atoms with Crippen molar-refractivity contribution in [3.63, 3.8) is 0 Å². The summed E-state index contributed by atoms with van der Waals surface area (Å²) in [5, 5.41) is 6.32. The van der Waals surface area contributed by atoms with E-state index >= 15 is 0 Å². The number of halogens is 1. The molecule has 2 amide bonds. The van der Waals surface area contributed by atoms with Gasteiger partial charge in [0.2, 0.25) is 10.0 Å². The highest BCUT2D eigenvalue weighted by Crippen LogP contribution is 2.26. The predicted molar refractivity (Wildman–Crippen MR) is 121 cm³/mol. The Kier molecular flexibility index (Phi) is 11.2. The van der Waals surface area contributed by atoms with Crippen LogP contribution in [0.3, 0.4) is 0 Å². The van der Waals surface area contributed by atoms with Crippen LogP contribution in [0.4, 0.5) is 4.79 Å². The maximum atomic E-state index is 12.8. The van der Waals surface area contributed by atoms with Crippen LogP contribution < -0.4 is 10.6 Å². The van der Waals surface area contributed by atoms with Crippen molar-refractivity contribution < 1.29 is 13.2 Å². The molecule has 8 heteroatoms. The number of urea groups is 1. The van der Waals surface area contributed by atoms with Crippen molar-refractivity contribution in [1.82, 2.24) is 14.9 Å². The summed E-state index contributed by atoms with van der Waals surface area (Å²) in [5.41, 5.74) is 0. The van der Waals surface area contributed by atoms with Crippen LogP contribution in [0.2, 0.25) is 5.02 Å². The molecule has 6 nitrogen and oxygen atoms in total. The standard InChI is InChI=1S/C20H29ClN3O3S.2CH2/c21-17-7-6-10-19(13-17)28(26,27)24-12-11-16(15-24)14-22-20(25)23-18-8-4-2-1-3-5-9-18;;/h6-7,10,13,16H,1-5,8-9,11-12,14-15H2,(H2,22,23,25);2*1H2. The van der Waals surface area contributed by atoms with Crippen molar-refractivity contribution in [1.29, 1.82) is 0 Å². The summed E-state index contributed by atoms with van der Waals surface area (Å²) < 4.78 is 27.0. The first-order valence-electron chi connectivity index (χ1n) is 10.1. The van der Waals surface area contributed by atoms with Crippen LogP contribution in [0.15, 0.2) is 29.2 Å². The normalized spacial score (nSPS) is 20.9. The Morgan fingerprint density at radius 2 is 1.77 bits per heavy atom. The summed E-state index contributed by atoms with van der Waals surface area (Å²) in [6.07, 6.45) is 8.66. The Hall–Kier alpha value is -1.31. The van der Waals surface area contributed by atoms with E-state index in [1.807, 2.05) is 0 Å². The minimum Gasteiger partial charge on any atom is -0.338 e. The third kappa shape index (κ3) is 7.43. The van der Waals surface area contributed by atoms with E-state index in [4.69, 9.17) is 11.6 Å². The number of benzene rings is 1. The van der Waals surface area contributed by atoms with Crippen molar-refractivity contribution in [2.75, 3.05) is 19.6 Å². The fourth-order valence-electron chi connectivity index (χ4n) is 3.86. The topological polar surface area (TPSA) is 78.5 Å². The van der Waals surface area contributed by atoms with Gasteiger partial charge in [-0.15, -0.1) is 0 Å². The second-order valence-electron chi connectivity index (χ2n) is 7.68. The Morgan fingerprint density at radius 1 is 1.10 bits per heavy atom. The first kappa shape index (κ1) is 26.7. The largest absolute Gasteiger partial charge is 0.338 e. The lowest BCUT2D eigenvalue weighted by atomic mass is 9.97. The molecule has 1 aliphatic carbocycles. The van der Waals surface area contributed by atoms with E-state index in [0.717, 1.165) is 38.1 Å². The predicted octanol–water partition coefficient (Wildman–Crippen LogP) is 4.58. The zero-order valence-electron chi connectivity index (χ0n) is 17.5. The van der Waals surface area contributed by atoms with Gasteiger partial charge in [0.1, 0.15) is 0 Å². The molecule has 1 unspecified atom stereocenters. The second-order valence-corrected chi connectivity index (χ2v) is 10.1. The van der Waals surface area contributed by atoms with Crippen LogP contribution >= 0.6 is 11.6 Å². The number of carbonyl (C=O) groups excluding carboxylic acids is 1. The monoisotopic (exact) mass is 454 g/mol. The van der Waals surface area contributed by atoms with Gasteiger partial charge in [0.15, 0.2) is 0 Å². The highest BCUT2D eigenvalue weighted by Gasteiger charge is 2.32. The van der Waals surface area contributed by atoms with Gasteiger partial charge in [-0.2, -0.15) is 4.31 Å². The van der Waals surface area contributed by atoms with Gasteiger partial charge in [0.05, 0.1) is 10.9 Å². The first-order valence-corrected chi connectivity index (χ1v) is 11.9. The molecule has 167 valence electrons. The maximum absolute atomic E-state index is 12.8. The summed E-state index contributed by atoms with van der Waals surface area (Å²) in [7, 11) is -3.55. The van der Waals surface area contributed by atoms with E-state index in [0.29, 0.717) is 24.7 Å². The van der Waals surface area contributed by atoms with E-state index in [1.165, 1.54) is 29.6 Å². The van der Waals surface area contributed by atoms with Gasteiger partial charge in [-0.3, -0.25) is 0 Å². The quantitative estimate of drug-likeness (QED) is 0.683. The number of nitrogens with one attached hydrogen (secondary N) is 2. The molecule has 3 rings (SSSR count). The number of rotatable bonds is 5. The van der Waals surface area contributed by atoms with E-state index in [-0.39, 0.29) is 31.7 Å². The fourth-order valence-corrected chi connectivity index (χ4v) is 5.69. The molecule has 0 aromatic heterocycles. The van der Waals surface area contributed by atoms with Crippen LogP contribution in [0.5, 0.6) is 0 Å². The molecule has 1 aliphatic heterocycles. The van der Waals surface area contributed by atoms with Gasteiger partial charge in [-0.05, 0) is 43.4 Å². The number of hydrogen-bond donors (Lipinski definition) is 2. The van der Waals surface area contributed by atoms with Gasteiger partial charge in [0.25, 0.3) is 0 Å². The highest BCUT2D eigenvalue weighted by atomic mass is 35.5. The van der Waals surface area contributed by atoms with Crippen molar-refractivity contribution in [2.45, 2.75) is 56.3 Å². The van der Waals surface area contributed by atoms with Crippen molar-refractivity contribution in [3.05, 3.63) is 50.2 Å². The average Bonchev–Trinajstić information content (AvgIpc) is 3.12. The van der Waals surface area contributed by atoms with Crippen LogP contribution in [0.1, 0.15) is 51.4 Å². The molecule has 1 saturated heterocycles. The number of nitrogens with zero attached hydrogens (tertiary/aromatic N) is 1. The molecule has 1 heterocycles. The Balaban J connectivity index is 0.00000225. The summed E-state index contributed by atoms with van der Waals surface area (Å²) in [4.78, 5) is 12.4. The number of carbonyl (C=O) groups is 1. The van der Waals surface area contributed by atoms with Crippen LogP contribution in [0, 0.1) is 26.8 Å². The van der Waals surface area contributed by atoms with Gasteiger partial charge < -0.3 is 10.6 Å². The highest BCUT2D eigenvalue weighted by molar-refractivity contribution is 7.89. The van der Waals surface area contributed by atoms with Crippen LogP contribution in [-0.4, -0.2) is 38.4 Å².